The molecule has 1 aromatic heterocycles. The zero-order valence-electron chi connectivity index (χ0n) is 13.7. The average Bonchev–Trinajstić information content (AvgIpc) is 2.89. The first-order valence-corrected chi connectivity index (χ1v) is 8.17. The smallest absolute Gasteiger partial charge is 0.316 e. The van der Waals surface area contributed by atoms with Gasteiger partial charge in [-0.3, -0.25) is 4.79 Å². The SMILES string of the molecule is Cc1cccc(OCc2nnc(SCC(=O)OC(C)(C)C)o2)c1. The number of benzene rings is 1. The van der Waals surface area contributed by atoms with E-state index in [0.29, 0.717) is 11.1 Å². The molecule has 6 nitrogen and oxygen atoms in total. The highest BCUT2D eigenvalue weighted by molar-refractivity contribution is 7.99. The van der Waals surface area contributed by atoms with E-state index < -0.39 is 5.60 Å². The number of nitrogens with zero attached hydrogens (tertiary/aromatic N) is 2. The maximum absolute atomic E-state index is 11.6. The van der Waals surface area contributed by atoms with Crippen LogP contribution in [0.3, 0.4) is 0 Å². The largest absolute Gasteiger partial charge is 0.484 e. The summed E-state index contributed by atoms with van der Waals surface area (Å²) in [5.41, 5.74) is 0.612. The Labute approximate surface area is 139 Å². The number of carbonyl (C=O) groups is 1. The fourth-order valence-corrected chi connectivity index (χ4v) is 2.25. The van der Waals surface area contributed by atoms with Crippen molar-refractivity contribution < 1.29 is 18.7 Å². The van der Waals surface area contributed by atoms with Crippen molar-refractivity contribution in [3.05, 3.63) is 35.7 Å². The molecule has 0 saturated heterocycles. The minimum absolute atomic E-state index is 0.123. The van der Waals surface area contributed by atoms with Crippen LogP contribution in [0, 0.1) is 6.92 Å². The van der Waals surface area contributed by atoms with Crippen molar-refractivity contribution in [3.63, 3.8) is 0 Å². The number of aryl methyl sites for hydroxylation is 1. The summed E-state index contributed by atoms with van der Waals surface area (Å²) in [5, 5.41) is 8.08. The maximum Gasteiger partial charge on any atom is 0.316 e. The Balaban J connectivity index is 1.80. The van der Waals surface area contributed by atoms with Gasteiger partial charge >= 0.3 is 5.97 Å². The number of hydrogen-bond acceptors (Lipinski definition) is 7. The minimum Gasteiger partial charge on any atom is -0.484 e. The van der Waals surface area contributed by atoms with E-state index in [1.807, 2.05) is 52.0 Å². The van der Waals surface area contributed by atoms with Gasteiger partial charge in [0.1, 0.15) is 17.1 Å². The van der Waals surface area contributed by atoms with Gasteiger partial charge in [0.25, 0.3) is 11.1 Å². The third-order valence-corrected chi connectivity index (χ3v) is 3.33. The molecule has 0 atom stereocenters. The predicted molar refractivity (Wildman–Crippen MR) is 86.4 cm³/mol. The summed E-state index contributed by atoms with van der Waals surface area (Å²) in [4.78, 5) is 11.6. The molecule has 2 aromatic rings. The highest BCUT2D eigenvalue weighted by atomic mass is 32.2. The van der Waals surface area contributed by atoms with Crippen LogP contribution in [0.5, 0.6) is 5.75 Å². The Morgan fingerprint density at radius 3 is 2.78 bits per heavy atom. The highest BCUT2D eigenvalue weighted by Crippen LogP contribution is 2.19. The fraction of sp³-hybridized carbons (Fsp3) is 0.438. The van der Waals surface area contributed by atoms with Gasteiger partial charge in [0.2, 0.25) is 0 Å². The van der Waals surface area contributed by atoms with Gasteiger partial charge in [0.15, 0.2) is 6.61 Å². The number of ether oxygens (including phenoxy) is 2. The van der Waals surface area contributed by atoms with Crippen molar-refractivity contribution in [1.82, 2.24) is 10.2 Å². The number of hydrogen-bond donors (Lipinski definition) is 0. The van der Waals surface area contributed by atoms with Gasteiger partial charge in [-0.05, 0) is 45.4 Å². The maximum atomic E-state index is 11.6. The van der Waals surface area contributed by atoms with E-state index in [1.165, 1.54) is 0 Å². The molecule has 7 heteroatoms. The zero-order valence-corrected chi connectivity index (χ0v) is 14.5. The Morgan fingerprint density at radius 2 is 2.09 bits per heavy atom. The first-order chi connectivity index (χ1) is 10.8. The van der Waals surface area contributed by atoms with Crippen molar-refractivity contribution in [2.75, 3.05) is 5.75 Å². The van der Waals surface area contributed by atoms with Gasteiger partial charge in [0.05, 0.1) is 0 Å². The molecule has 0 bridgehead atoms. The monoisotopic (exact) mass is 336 g/mol. The van der Waals surface area contributed by atoms with E-state index in [-0.39, 0.29) is 18.3 Å². The van der Waals surface area contributed by atoms with Gasteiger partial charge in [-0.25, -0.2) is 0 Å². The first-order valence-electron chi connectivity index (χ1n) is 7.18. The molecule has 0 aliphatic carbocycles. The second-order valence-electron chi connectivity index (χ2n) is 5.94. The molecule has 0 aliphatic rings. The van der Waals surface area contributed by atoms with Crippen LogP contribution in [0.15, 0.2) is 33.9 Å². The van der Waals surface area contributed by atoms with Crippen LogP contribution in [0.4, 0.5) is 0 Å². The summed E-state index contributed by atoms with van der Waals surface area (Å²) >= 11 is 1.14. The topological polar surface area (TPSA) is 74.5 Å². The molecule has 1 aromatic carbocycles. The van der Waals surface area contributed by atoms with Crippen LogP contribution in [0.1, 0.15) is 32.2 Å². The molecule has 0 fully saturated rings. The van der Waals surface area contributed by atoms with E-state index >= 15 is 0 Å². The second kappa shape index (κ2) is 7.50. The molecular weight excluding hydrogens is 316 g/mol. The van der Waals surface area contributed by atoms with Crippen LogP contribution >= 0.6 is 11.8 Å². The minimum atomic E-state index is -0.501. The standard InChI is InChI=1S/C16H20N2O4S/c1-11-6-5-7-12(8-11)20-9-13-17-18-15(21-13)23-10-14(19)22-16(2,3)4/h5-8H,9-10H2,1-4H3. The summed E-state index contributed by atoms with van der Waals surface area (Å²) in [6.07, 6.45) is 0. The van der Waals surface area contributed by atoms with Crippen LogP contribution in [-0.4, -0.2) is 27.5 Å². The Bertz CT molecular complexity index is 664. The molecule has 0 saturated carbocycles. The third-order valence-electron chi connectivity index (χ3n) is 2.53. The number of esters is 1. The fourth-order valence-electron chi connectivity index (χ4n) is 1.70. The summed E-state index contributed by atoms with van der Waals surface area (Å²) in [6.45, 7) is 7.64. The molecule has 0 spiro atoms. The van der Waals surface area contributed by atoms with Crippen LogP contribution < -0.4 is 4.74 Å². The molecule has 0 N–H and O–H groups in total. The van der Waals surface area contributed by atoms with Gasteiger partial charge in [0, 0.05) is 0 Å². The molecule has 0 radical (unpaired) electrons. The predicted octanol–water partition coefficient (Wildman–Crippen LogP) is 3.39. The van der Waals surface area contributed by atoms with Crippen molar-refractivity contribution in [2.24, 2.45) is 0 Å². The molecule has 0 aliphatic heterocycles. The number of rotatable bonds is 6. The van der Waals surface area contributed by atoms with Crippen molar-refractivity contribution in [1.29, 1.82) is 0 Å². The lowest BCUT2D eigenvalue weighted by atomic mass is 10.2. The van der Waals surface area contributed by atoms with E-state index in [9.17, 15) is 4.79 Å². The summed E-state index contributed by atoms with van der Waals surface area (Å²) in [5.74, 6) is 0.903. The molecule has 1 heterocycles. The van der Waals surface area contributed by atoms with Crippen molar-refractivity contribution >= 4 is 17.7 Å². The lowest BCUT2D eigenvalue weighted by Crippen LogP contribution is -2.24. The lowest BCUT2D eigenvalue weighted by Gasteiger charge is -2.18. The normalized spacial score (nSPS) is 11.3. The molecule has 124 valence electrons. The van der Waals surface area contributed by atoms with E-state index in [1.54, 1.807) is 0 Å². The van der Waals surface area contributed by atoms with Crippen molar-refractivity contribution in [2.45, 2.75) is 45.1 Å². The van der Waals surface area contributed by atoms with Gasteiger partial charge < -0.3 is 13.9 Å². The Hall–Kier alpha value is -2.02. The van der Waals surface area contributed by atoms with Crippen LogP contribution in [-0.2, 0) is 16.1 Å². The summed E-state index contributed by atoms with van der Waals surface area (Å²) < 4.78 is 16.2. The van der Waals surface area contributed by atoms with Gasteiger partial charge in [-0.2, -0.15) is 0 Å². The zero-order chi connectivity index (χ0) is 16.9. The van der Waals surface area contributed by atoms with Crippen LogP contribution in [0.25, 0.3) is 0 Å². The molecular formula is C16H20N2O4S. The summed E-state index contributed by atoms with van der Waals surface area (Å²) in [6, 6.07) is 7.70. The Kier molecular flexibility index (Phi) is 5.65. The second-order valence-corrected chi connectivity index (χ2v) is 6.87. The van der Waals surface area contributed by atoms with Gasteiger partial charge in [-0.15, -0.1) is 10.2 Å². The Morgan fingerprint density at radius 1 is 1.30 bits per heavy atom. The average molecular weight is 336 g/mol. The number of aromatic nitrogens is 2. The quantitative estimate of drug-likeness (QED) is 0.591. The lowest BCUT2D eigenvalue weighted by molar-refractivity contribution is -0.151. The van der Waals surface area contributed by atoms with Crippen molar-refractivity contribution in [3.8, 4) is 5.75 Å². The molecule has 2 rings (SSSR count). The first kappa shape index (κ1) is 17.3. The van der Waals surface area contributed by atoms with E-state index in [4.69, 9.17) is 13.9 Å². The number of thioether (sulfide) groups is 1. The molecule has 0 amide bonds. The van der Waals surface area contributed by atoms with E-state index in [0.717, 1.165) is 23.1 Å². The third kappa shape index (κ3) is 6.32. The van der Waals surface area contributed by atoms with Gasteiger partial charge in [-0.1, -0.05) is 23.9 Å². The van der Waals surface area contributed by atoms with E-state index in [2.05, 4.69) is 10.2 Å². The highest BCUT2D eigenvalue weighted by Gasteiger charge is 2.17. The number of carbonyl (C=O) groups excluding carboxylic acids is 1. The van der Waals surface area contributed by atoms with Crippen LogP contribution in [0.2, 0.25) is 0 Å². The molecule has 23 heavy (non-hydrogen) atoms. The molecule has 0 unspecified atom stereocenters. The summed E-state index contributed by atoms with van der Waals surface area (Å²) in [7, 11) is 0.